The van der Waals surface area contributed by atoms with E-state index in [1.54, 1.807) is 11.9 Å². The van der Waals surface area contributed by atoms with Gasteiger partial charge in [0, 0.05) is 12.6 Å². The molecule has 1 heterocycles. The Morgan fingerprint density at radius 3 is 2.44 bits per heavy atom. The largest absolute Gasteiger partial charge is 0.474 e. The number of ether oxygens (including phenoxy) is 1. The van der Waals surface area contributed by atoms with E-state index in [2.05, 4.69) is 0 Å². The molecule has 0 unspecified atom stereocenters. The Labute approximate surface area is 106 Å². The van der Waals surface area contributed by atoms with Gasteiger partial charge in [0.1, 0.15) is 5.75 Å². The molecule has 1 aliphatic rings. The summed E-state index contributed by atoms with van der Waals surface area (Å²) in [6.07, 6.45) is -0.550. The molecule has 1 amide bonds. The number of benzene rings is 2. The van der Waals surface area contributed by atoms with Crippen molar-refractivity contribution in [2.24, 2.45) is 0 Å². The summed E-state index contributed by atoms with van der Waals surface area (Å²) in [6, 6.07) is 17.1. The van der Waals surface area contributed by atoms with Crippen molar-refractivity contribution in [1.29, 1.82) is 0 Å². The summed E-state index contributed by atoms with van der Waals surface area (Å²) in [5.41, 5.74) is 1.69. The predicted octanol–water partition coefficient (Wildman–Crippen LogP) is 2.78. The SMILES string of the molecule is CN1C(=O)[C@H](c2ccccc2)Oc2ccccc21. The van der Waals surface area contributed by atoms with Gasteiger partial charge in [-0.25, -0.2) is 0 Å². The quantitative estimate of drug-likeness (QED) is 0.765. The number of hydrogen-bond donors (Lipinski definition) is 0. The average molecular weight is 239 g/mol. The highest BCUT2D eigenvalue weighted by Crippen LogP contribution is 2.37. The lowest BCUT2D eigenvalue weighted by Crippen LogP contribution is -2.38. The van der Waals surface area contributed by atoms with Crippen molar-refractivity contribution in [2.45, 2.75) is 6.10 Å². The zero-order valence-corrected chi connectivity index (χ0v) is 10.0. The normalized spacial score (nSPS) is 18.2. The van der Waals surface area contributed by atoms with Gasteiger partial charge in [0.05, 0.1) is 5.69 Å². The smallest absolute Gasteiger partial charge is 0.272 e. The van der Waals surface area contributed by atoms with E-state index in [1.807, 2.05) is 54.6 Å². The fourth-order valence-electron chi connectivity index (χ4n) is 2.14. The van der Waals surface area contributed by atoms with Crippen LogP contribution in [0.3, 0.4) is 0 Å². The third-order valence-electron chi connectivity index (χ3n) is 3.13. The molecule has 3 nitrogen and oxygen atoms in total. The van der Waals surface area contributed by atoms with Crippen LogP contribution < -0.4 is 9.64 Å². The molecule has 1 aliphatic heterocycles. The van der Waals surface area contributed by atoms with Crippen molar-refractivity contribution in [3.63, 3.8) is 0 Å². The van der Waals surface area contributed by atoms with Gasteiger partial charge in [0.25, 0.3) is 5.91 Å². The summed E-state index contributed by atoms with van der Waals surface area (Å²) in [6.45, 7) is 0. The lowest BCUT2D eigenvalue weighted by Gasteiger charge is -2.32. The molecular weight excluding hydrogens is 226 g/mol. The van der Waals surface area contributed by atoms with E-state index >= 15 is 0 Å². The van der Waals surface area contributed by atoms with Crippen molar-refractivity contribution in [2.75, 3.05) is 11.9 Å². The number of likely N-dealkylation sites (N-methyl/N-ethyl adjacent to an activating group) is 1. The Morgan fingerprint density at radius 1 is 1.00 bits per heavy atom. The summed E-state index contributed by atoms with van der Waals surface area (Å²) >= 11 is 0. The molecule has 3 heteroatoms. The number of rotatable bonds is 1. The number of anilines is 1. The van der Waals surface area contributed by atoms with Gasteiger partial charge in [0.2, 0.25) is 6.10 Å². The molecule has 3 rings (SSSR count). The molecule has 0 aliphatic carbocycles. The highest BCUT2D eigenvalue weighted by Gasteiger charge is 2.32. The van der Waals surface area contributed by atoms with Crippen molar-refractivity contribution < 1.29 is 9.53 Å². The maximum atomic E-state index is 12.3. The predicted molar refractivity (Wildman–Crippen MR) is 69.7 cm³/mol. The molecule has 0 N–H and O–H groups in total. The van der Waals surface area contributed by atoms with Crippen LogP contribution in [0.2, 0.25) is 0 Å². The number of carbonyl (C=O) groups excluding carboxylic acids is 1. The summed E-state index contributed by atoms with van der Waals surface area (Å²) in [7, 11) is 1.78. The second kappa shape index (κ2) is 4.18. The van der Waals surface area contributed by atoms with Crippen LogP contribution in [-0.2, 0) is 4.79 Å². The molecular formula is C15H13NO2. The molecule has 0 fully saturated rings. The second-order valence-electron chi connectivity index (χ2n) is 4.27. The minimum Gasteiger partial charge on any atom is -0.474 e. The molecule has 0 saturated heterocycles. The van der Waals surface area contributed by atoms with Gasteiger partial charge in [-0.2, -0.15) is 0 Å². The fraction of sp³-hybridized carbons (Fsp3) is 0.133. The molecule has 1 atom stereocenters. The first-order chi connectivity index (χ1) is 8.77. The van der Waals surface area contributed by atoms with Crippen LogP contribution in [-0.4, -0.2) is 13.0 Å². The monoisotopic (exact) mass is 239 g/mol. The zero-order valence-electron chi connectivity index (χ0n) is 10.0. The van der Waals surface area contributed by atoms with Crippen LogP contribution in [0.5, 0.6) is 5.75 Å². The molecule has 2 aromatic carbocycles. The third kappa shape index (κ3) is 1.64. The minimum absolute atomic E-state index is 0.0418. The van der Waals surface area contributed by atoms with Crippen molar-refractivity contribution >= 4 is 11.6 Å². The number of nitrogens with zero attached hydrogens (tertiary/aromatic N) is 1. The third-order valence-corrected chi connectivity index (χ3v) is 3.13. The maximum Gasteiger partial charge on any atom is 0.272 e. The molecule has 0 bridgehead atoms. The maximum absolute atomic E-state index is 12.3. The van der Waals surface area contributed by atoms with Crippen LogP contribution in [0.1, 0.15) is 11.7 Å². The topological polar surface area (TPSA) is 29.5 Å². The lowest BCUT2D eigenvalue weighted by atomic mass is 10.1. The van der Waals surface area contributed by atoms with Crippen molar-refractivity contribution in [3.05, 3.63) is 60.2 Å². The van der Waals surface area contributed by atoms with E-state index in [0.29, 0.717) is 0 Å². The van der Waals surface area contributed by atoms with Gasteiger partial charge in [0.15, 0.2) is 0 Å². The Balaban J connectivity index is 2.04. The number of fused-ring (bicyclic) bond motifs is 1. The fourth-order valence-corrected chi connectivity index (χ4v) is 2.14. The highest BCUT2D eigenvalue weighted by molar-refractivity contribution is 6.00. The number of amides is 1. The van der Waals surface area contributed by atoms with Crippen LogP contribution >= 0.6 is 0 Å². The van der Waals surface area contributed by atoms with Crippen LogP contribution in [0, 0.1) is 0 Å². The Morgan fingerprint density at radius 2 is 1.67 bits per heavy atom. The van der Waals surface area contributed by atoms with Gasteiger partial charge in [-0.05, 0) is 12.1 Å². The van der Waals surface area contributed by atoms with Crippen LogP contribution in [0.15, 0.2) is 54.6 Å². The Hall–Kier alpha value is -2.29. The summed E-state index contributed by atoms with van der Waals surface area (Å²) in [5, 5.41) is 0. The van der Waals surface area contributed by atoms with Gasteiger partial charge < -0.3 is 9.64 Å². The van der Waals surface area contributed by atoms with Gasteiger partial charge in [-0.1, -0.05) is 42.5 Å². The van der Waals surface area contributed by atoms with E-state index in [1.165, 1.54) is 0 Å². The van der Waals surface area contributed by atoms with Gasteiger partial charge >= 0.3 is 0 Å². The highest BCUT2D eigenvalue weighted by atomic mass is 16.5. The number of hydrogen-bond acceptors (Lipinski definition) is 2. The van der Waals surface area contributed by atoms with Crippen molar-refractivity contribution in [3.8, 4) is 5.75 Å². The van der Waals surface area contributed by atoms with E-state index in [0.717, 1.165) is 17.0 Å². The van der Waals surface area contributed by atoms with E-state index in [-0.39, 0.29) is 5.91 Å². The number of carbonyl (C=O) groups is 1. The lowest BCUT2D eigenvalue weighted by molar-refractivity contribution is -0.126. The first-order valence-electron chi connectivity index (χ1n) is 5.85. The molecule has 90 valence electrons. The first kappa shape index (κ1) is 10.8. The number of para-hydroxylation sites is 2. The second-order valence-corrected chi connectivity index (χ2v) is 4.27. The van der Waals surface area contributed by atoms with Crippen molar-refractivity contribution in [1.82, 2.24) is 0 Å². The Bertz CT molecular complexity index is 580. The summed E-state index contributed by atoms with van der Waals surface area (Å²) < 4.78 is 5.81. The van der Waals surface area contributed by atoms with Crippen LogP contribution in [0.4, 0.5) is 5.69 Å². The zero-order chi connectivity index (χ0) is 12.5. The average Bonchev–Trinajstić information content (AvgIpc) is 2.44. The van der Waals surface area contributed by atoms with E-state index in [4.69, 9.17) is 4.74 Å². The van der Waals surface area contributed by atoms with E-state index < -0.39 is 6.10 Å². The van der Waals surface area contributed by atoms with Gasteiger partial charge in [-0.3, -0.25) is 4.79 Å². The molecule has 2 aromatic rings. The summed E-state index contributed by atoms with van der Waals surface area (Å²) in [4.78, 5) is 13.9. The molecule has 18 heavy (non-hydrogen) atoms. The standard InChI is InChI=1S/C15H13NO2/c1-16-12-9-5-6-10-13(12)18-14(15(16)17)11-7-3-2-4-8-11/h2-10,14H,1H3/t14-/m0/s1. The first-order valence-corrected chi connectivity index (χ1v) is 5.85. The summed E-state index contributed by atoms with van der Waals surface area (Å²) in [5.74, 6) is 0.702. The Kier molecular flexibility index (Phi) is 2.52. The molecule has 0 spiro atoms. The van der Waals surface area contributed by atoms with Crippen LogP contribution in [0.25, 0.3) is 0 Å². The van der Waals surface area contributed by atoms with Gasteiger partial charge in [-0.15, -0.1) is 0 Å². The molecule has 0 saturated carbocycles. The molecule has 0 radical (unpaired) electrons. The van der Waals surface area contributed by atoms with E-state index in [9.17, 15) is 4.79 Å². The molecule has 0 aromatic heterocycles. The minimum atomic E-state index is -0.550.